The van der Waals surface area contributed by atoms with Crippen LogP contribution in [0.3, 0.4) is 0 Å². The number of hydrogen-bond donors (Lipinski definition) is 0. The molecule has 0 bridgehead atoms. The van der Waals surface area contributed by atoms with E-state index in [1.807, 2.05) is 60.1 Å². The number of carbonyl (C=O) groups is 1. The Morgan fingerprint density at radius 2 is 2.05 bits per heavy atom. The minimum atomic E-state index is 0.163. The predicted molar refractivity (Wildman–Crippen MR) is 75.2 cm³/mol. The first kappa shape index (κ1) is 11.7. The van der Waals surface area contributed by atoms with Gasteiger partial charge in [-0.1, -0.05) is 13.0 Å². The number of aromatic nitrogens is 2. The van der Waals surface area contributed by atoms with Crippen LogP contribution in [0.4, 0.5) is 0 Å². The van der Waals surface area contributed by atoms with Crippen LogP contribution in [0.1, 0.15) is 23.7 Å². The van der Waals surface area contributed by atoms with Crippen LogP contribution in [0, 0.1) is 0 Å². The van der Waals surface area contributed by atoms with Gasteiger partial charge in [0.25, 0.3) is 0 Å². The summed E-state index contributed by atoms with van der Waals surface area (Å²) in [6.07, 6.45) is 6.21. The highest BCUT2D eigenvalue weighted by molar-refractivity contribution is 5.97. The molecule has 0 aliphatic rings. The highest BCUT2D eigenvalue weighted by atomic mass is 16.1. The number of Topliss-reactive ketones (excluding diaryl/α,β-unsaturated/α-hetero) is 1. The minimum absolute atomic E-state index is 0.163. The Morgan fingerprint density at radius 3 is 2.79 bits per heavy atom. The molecule has 0 unspecified atom stereocenters. The van der Waals surface area contributed by atoms with Gasteiger partial charge >= 0.3 is 0 Å². The third kappa shape index (κ3) is 2.03. The molecule has 3 aromatic heterocycles. The lowest BCUT2D eigenvalue weighted by atomic mass is 10.1. The van der Waals surface area contributed by atoms with Crippen molar-refractivity contribution in [1.29, 1.82) is 0 Å². The second-order valence-electron chi connectivity index (χ2n) is 4.43. The first-order valence-electron chi connectivity index (χ1n) is 6.35. The van der Waals surface area contributed by atoms with Crippen molar-refractivity contribution in [1.82, 2.24) is 9.38 Å². The number of hydrogen-bond acceptors (Lipinski definition) is 2. The van der Waals surface area contributed by atoms with Gasteiger partial charge in [-0.05, 0) is 30.3 Å². The number of rotatable bonds is 3. The van der Waals surface area contributed by atoms with E-state index in [-0.39, 0.29) is 5.78 Å². The number of ketones is 1. The van der Waals surface area contributed by atoms with E-state index in [2.05, 4.69) is 4.98 Å². The van der Waals surface area contributed by atoms with Gasteiger partial charge < -0.3 is 4.40 Å². The topological polar surface area (TPSA) is 34.4 Å². The largest absolute Gasteiger partial charge is 0.323 e. The first-order chi connectivity index (χ1) is 9.29. The summed E-state index contributed by atoms with van der Waals surface area (Å²) in [6, 6.07) is 11.7. The summed E-state index contributed by atoms with van der Waals surface area (Å²) in [6.45, 7) is 1.88. The molecule has 0 saturated heterocycles. The van der Waals surface area contributed by atoms with Crippen molar-refractivity contribution < 1.29 is 4.79 Å². The second kappa shape index (κ2) is 4.69. The van der Waals surface area contributed by atoms with Crippen LogP contribution in [-0.2, 0) is 0 Å². The van der Waals surface area contributed by atoms with Crippen LogP contribution in [0.5, 0.6) is 0 Å². The van der Waals surface area contributed by atoms with E-state index in [0.717, 1.165) is 22.3 Å². The standard InChI is InChI=1S/C16H14N2O/c1-2-16(19)12-6-9-18-10-7-13(15(18)11-12)14-5-3-4-8-17-14/h3-11H,2H2,1H3. The summed E-state index contributed by atoms with van der Waals surface area (Å²) in [5.41, 5.74) is 3.74. The Bertz CT molecular complexity index is 729. The van der Waals surface area contributed by atoms with Crippen LogP contribution in [0.25, 0.3) is 16.8 Å². The lowest BCUT2D eigenvalue weighted by Crippen LogP contribution is -1.97. The van der Waals surface area contributed by atoms with Gasteiger partial charge in [0, 0.05) is 36.1 Å². The Labute approximate surface area is 111 Å². The van der Waals surface area contributed by atoms with Gasteiger partial charge in [0.05, 0.1) is 11.2 Å². The average molecular weight is 250 g/mol. The summed E-state index contributed by atoms with van der Waals surface area (Å²) in [5, 5.41) is 0. The van der Waals surface area contributed by atoms with Gasteiger partial charge in [-0.2, -0.15) is 0 Å². The van der Waals surface area contributed by atoms with Crippen LogP contribution < -0.4 is 0 Å². The summed E-state index contributed by atoms with van der Waals surface area (Å²) >= 11 is 0. The summed E-state index contributed by atoms with van der Waals surface area (Å²) in [7, 11) is 0. The molecule has 0 spiro atoms. The van der Waals surface area contributed by atoms with Crippen molar-refractivity contribution >= 4 is 11.3 Å². The zero-order valence-electron chi connectivity index (χ0n) is 10.7. The molecule has 0 aliphatic carbocycles. The first-order valence-corrected chi connectivity index (χ1v) is 6.35. The van der Waals surface area contributed by atoms with Gasteiger partial charge in [-0.25, -0.2) is 0 Å². The molecule has 3 aromatic rings. The zero-order chi connectivity index (χ0) is 13.2. The number of fused-ring (bicyclic) bond motifs is 1. The summed E-state index contributed by atoms with van der Waals surface area (Å²) in [4.78, 5) is 16.2. The molecule has 0 amide bonds. The van der Waals surface area contributed by atoms with E-state index in [4.69, 9.17) is 0 Å². The fourth-order valence-corrected chi connectivity index (χ4v) is 2.21. The smallest absolute Gasteiger partial charge is 0.162 e. The fraction of sp³-hybridized carbons (Fsp3) is 0.125. The van der Waals surface area contributed by atoms with Crippen LogP contribution in [-0.4, -0.2) is 15.2 Å². The summed E-state index contributed by atoms with van der Waals surface area (Å²) < 4.78 is 2.01. The SMILES string of the molecule is CCC(=O)c1ccn2ccc(-c3ccccn3)c2c1. The normalized spacial score (nSPS) is 10.8. The monoisotopic (exact) mass is 250 g/mol. The third-order valence-corrected chi connectivity index (χ3v) is 3.25. The number of nitrogens with zero attached hydrogens (tertiary/aromatic N) is 2. The van der Waals surface area contributed by atoms with Gasteiger partial charge in [0.15, 0.2) is 5.78 Å². The zero-order valence-corrected chi connectivity index (χ0v) is 10.7. The Kier molecular flexibility index (Phi) is 2.88. The molecule has 0 N–H and O–H groups in total. The summed E-state index contributed by atoms with van der Waals surface area (Å²) in [5.74, 6) is 0.163. The molecule has 3 heterocycles. The van der Waals surface area contributed by atoms with Crippen LogP contribution in [0.15, 0.2) is 55.0 Å². The molecule has 94 valence electrons. The Hall–Kier alpha value is -2.42. The molecule has 3 heteroatoms. The third-order valence-electron chi connectivity index (χ3n) is 3.25. The van der Waals surface area contributed by atoms with Crippen molar-refractivity contribution in [2.24, 2.45) is 0 Å². The maximum Gasteiger partial charge on any atom is 0.162 e. The maximum absolute atomic E-state index is 11.8. The van der Waals surface area contributed by atoms with Gasteiger partial charge in [0.1, 0.15) is 0 Å². The Morgan fingerprint density at radius 1 is 1.21 bits per heavy atom. The van der Waals surface area contributed by atoms with E-state index in [0.29, 0.717) is 6.42 Å². The predicted octanol–water partition coefficient (Wildman–Crippen LogP) is 3.59. The lowest BCUT2D eigenvalue weighted by Gasteiger charge is -2.03. The molecule has 19 heavy (non-hydrogen) atoms. The number of carbonyl (C=O) groups excluding carboxylic acids is 1. The Balaban J connectivity index is 2.19. The molecule has 3 rings (SSSR count). The molecule has 0 fully saturated rings. The van der Waals surface area contributed by atoms with E-state index in [1.165, 1.54) is 0 Å². The van der Waals surface area contributed by atoms with E-state index in [9.17, 15) is 4.79 Å². The quantitative estimate of drug-likeness (QED) is 0.666. The molecule has 0 atom stereocenters. The van der Waals surface area contributed by atoms with E-state index >= 15 is 0 Å². The van der Waals surface area contributed by atoms with Gasteiger partial charge in [-0.15, -0.1) is 0 Å². The van der Waals surface area contributed by atoms with E-state index < -0.39 is 0 Å². The number of pyridine rings is 2. The van der Waals surface area contributed by atoms with E-state index in [1.54, 1.807) is 6.20 Å². The van der Waals surface area contributed by atoms with Crippen molar-refractivity contribution in [3.05, 3.63) is 60.6 Å². The highest BCUT2D eigenvalue weighted by Gasteiger charge is 2.09. The maximum atomic E-state index is 11.8. The van der Waals surface area contributed by atoms with Crippen LogP contribution in [0.2, 0.25) is 0 Å². The van der Waals surface area contributed by atoms with Crippen molar-refractivity contribution in [2.45, 2.75) is 13.3 Å². The average Bonchev–Trinajstić information content (AvgIpc) is 2.90. The van der Waals surface area contributed by atoms with Gasteiger partial charge in [-0.3, -0.25) is 9.78 Å². The van der Waals surface area contributed by atoms with Crippen molar-refractivity contribution in [3.63, 3.8) is 0 Å². The lowest BCUT2D eigenvalue weighted by molar-refractivity contribution is 0.0988. The molecule has 0 aliphatic heterocycles. The van der Waals surface area contributed by atoms with Crippen molar-refractivity contribution in [3.8, 4) is 11.3 Å². The molecule has 0 saturated carbocycles. The van der Waals surface area contributed by atoms with Crippen LogP contribution >= 0.6 is 0 Å². The minimum Gasteiger partial charge on any atom is -0.323 e. The van der Waals surface area contributed by atoms with Gasteiger partial charge in [0.2, 0.25) is 0 Å². The molecular weight excluding hydrogens is 236 g/mol. The molecule has 0 aromatic carbocycles. The molecule has 3 nitrogen and oxygen atoms in total. The highest BCUT2D eigenvalue weighted by Crippen LogP contribution is 2.24. The fourth-order valence-electron chi connectivity index (χ4n) is 2.21. The molecule has 0 radical (unpaired) electrons. The van der Waals surface area contributed by atoms with Crippen molar-refractivity contribution in [2.75, 3.05) is 0 Å². The molecular formula is C16H14N2O. The second-order valence-corrected chi connectivity index (χ2v) is 4.43.